The SMILES string of the molecule is Cn1cc([C@H](CC(C(=O)c2ccccc2)C(=O)c2ccccc2)c2cccc(Br)c2)c2ccccc21. The van der Waals surface area contributed by atoms with Crippen LogP contribution in [0.1, 0.15) is 44.2 Å². The molecule has 0 aliphatic carbocycles. The van der Waals surface area contributed by atoms with Crippen molar-refractivity contribution in [2.75, 3.05) is 0 Å². The van der Waals surface area contributed by atoms with Gasteiger partial charge in [-0.05, 0) is 35.7 Å². The summed E-state index contributed by atoms with van der Waals surface area (Å²) in [7, 11) is 2.03. The molecule has 0 amide bonds. The lowest BCUT2D eigenvalue weighted by Gasteiger charge is -2.23. The third-order valence-electron chi connectivity index (χ3n) is 6.78. The van der Waals surface area contributed by atoms with Gasteiger partial charge in [-0.15, -0.1) is 0 Å². The van der Waals surface area contributed by atoms with E-state index in [1.165, 1.54) is 0 Å². The summed E-state index contributed by atoms with van der Waals surface area (Å²) in [5.41, 5.74) is 4.40. The molecule has 0 saturated heterocycles. The van der Waals surface area contributed by atoms with Crippen molar-refractivity contribution in [2.24, 2.45) is 13.0 Å². The second kappa shape index (κ2) is 10.5. The maximum absolute atomic E-state index is 13.9. The number of fused-ring (bicyclic) bond motifs is 1. The van der Waals surface area contributed by atoms with Crippen LogP contribution in [0.5, 0.6) is 0 Å². The number of aromatic nitrogens is 1. The molecule has 0 spiro atoms. The van der Waals surface area contributed by atoms with Crippen molar-refractivity contribution in [1.29, 1.82) is 0 Å². The molecule has 4 aromatic carbocycles. The summed E-state index contributed by atoms with van der Waals surface area (Å²) in [4.78, 5) is 27.7. The van der Waals surface area contributed by atoms with Crippen LogP contribution in [-0.2, 0) is 7.05 Å². The molecule has 0 fully saturated rings. The number of carbonyl (C=O) groups is 2. The van der Waals surface area contributed by atoms with E-state index >= 15 is 0 Å². The van der Waals surface area contributed by atoms with Crippen LogP contribution in [0.2, 0.25) is 0 Å². The van der Waals surface area contributed by atoms with Gasteiger partial charge in [-0.1, -0.05) is 107 Å². The third kappa shape index (κ3) is 4.82. The fourth-order valence-corrected chi connectivity index (χ4v) is 5.41. The lowest BCUT2D eigenvalue weighted by Crippen LogP contribution is -2.27. The minimum atomic E-state index is -0.822. The number of nitrogens with zero attached hydrogens (tertiary/aromatic N) is 1. The van der Waals surface area contributed by atoms with Crippen LogP contribution in [-0.4, -0.2) is 16.1 Å². The van der Waals surface area contributed by atoms with Gasteiger partial charge in [0.2, 0.25) is 0 Å². The average molecular weight is 536 g/mol. The molecular weight excluding hydrogens is 510 g/mol. The van der Waals surface area contributed by atoms with Crippen molar-refractivity contribution in [1.82, 2.24) is 4.57 Å². The summed E-state index contributed by atoms with van der Waals surface area (Å²) < 4.78 is 3.08. The number of carbonyl (C=O) groups excluding carboxylic acids is 2. The van der Waals surface area contributed by atoms with Crippen LogP contribution in [0, 0.1) is 5.92 Å². The minimum Gasteiger partial charge on any atom is -0.350 e. The first kappa shape index (κ1) is 24.0. The Morgan fingerprint density at radius 1 is 0.750 bits per heavy atom. The number of benzene rings is 4. The molecule has 1 atom stereocenters. The zero-order valence-electron chi connectivity index (χ0n) is 20.0. The van der Waals surface area contributed by atoms with E-state index in [1.54, 1.807) is 24.3 Å². The fraction of sp³-hybridized carbons (Fsp3) is 0.125. The number of rotatable bonds is 8. The van der Waals surface area contributed by atoms with Gasteiger partial charge in [-0.3, -0.25) is 9.59 Å². The van der Waals surface area contributed by atoms with Gasteiger partial charge in [0.15, 0.2) is 11.6 Å². The lowest BCUT2D eigenvalue weighted by molar-refractivity contribution is 0.0796. The highest BCUT2D eigenvalue weighted by Gasteiger charge is 2.33. The quantitative estimate of drug-likeness (QED) is 0.150. The van der Waals surface area contributed by atoms with E-state index in [2.05, 4.69) is 51.0 Å². The van der Waals surface area contributed by atoms with Crippen LogP contribution in [0.4, 0.5) is 0 Å². The average Bonchev–Trinajstić information content (AvgIpc) is 3.26. The van der Waals surface area contributed by atoms with Gasteiger partial charge < -0.3 is 4.57 Å². The summed E-state index contributed by atoms with van der Waals surface area (Å²) in [5, 5.41) is 1.13. The number of para-hydroxylation sites is 1. The molecular formula is C32H26BrNO2. The number of ketones is 2. The summed E-state index contributed by atoms with van der Waals surface area (Å²) in [6.45, 7) is 0. The molecule has 1 heterocycles. The van der Waals surface area contributed by atoms with E-state index in [9.17, 15) is 9.59 Å². The van der Waals surface area contributed by atoms with Crippen LogP contribution in [0.15, 0.2) is 120 Å². The Labute approximate surface area is 219 Å². The molecule has 0 bridgehead atoms. The van der Waals surface area contributed by atoms with Gasteiger partial charge in [0, 0.05) is 45.7 Å². The predicted molar refractivity (Wildman–Crippen MR) is 149 cm³/mol. The van der Waals surface area contributed by atoms with Gasteiger partial charge in [-0.25, -0.2) is 0 Å². The highest BCUT2D eigenvalue weighted by molar-refractivity contribution is 9.10. The van der Waals surface area contributed by atoms with Crippen LogP contribution in [0.3, 0.4) is 0 Å². The maximum Gasteiger partial charge on any atom is 0.173 e. The molecule has 0 radical (unpaired) electrons. The van der Waals surface area contributed by atoms with Crippen molar-refractivity contribution in [3.05, 3.63) is 142 Å². The van der Waals surface area contributed by atoms with Crippen LogP contribution >= 0.6 is 15.9 Å². The number of aryl methyl sites for hydroxylation is 1. The normalized spacial score (nSPS) is 12.1. The van der Waals surface area contributed by atoms with Gasteiger partial charge >= 0.3 is 0 Å². The van der Waals surface area contributed by atoms with Crippen molar-refractivity contribution in [2.45, 2.75) is 12.3 Å². The molecule has 0 saturated carbocycles. The van der Waals surface area contributed by atoms with E-state index in [1.807, 2.05) is 67.7 Å². The van der Waals surface area contributed by atoms with Gasteiger partial charge in [0.25, 0.3) is 0 Å². The third-order valence-corrected chi connectivity index (χ3v) is 7.27. The number of halogens is 1. The summed E-state index contributed by atoms with van der Waals surface area (Å²) >= 11 is 3.62. The smallest absolute Gasteiger partial charge is 0.173 e. The Bertz CT molecular complexity index is 1470. The zero-order valence-corrected chi connectivity index (χ0v) is 21.6. The first-order chi connectivity index (χ1) is 17.5. The number of hydrogen-bond acceptors (Lipinski definition) is 2. The van der Waals surface area contributed by atoms with E-state index in [0.29, 0.717) is 17.5 Å². The molecule has 0 unspecified atom stereocenters. The Kier molecular flexibility index (Phi) is 6.97. The highest BCUT2D eigenvalue weighted by atomic mass is 79.9. The monoisotopic (exact) mass is 535 g/mol. The Hall–Kier alpha value is -3.76. The van der Waals surface area contributed by atoms with Crippen molar-refractivity contribution in [3.63, 3.8) is 0 Å². The molecule has 4 heteroatoms. The second-order valence-corrected chi connectivity index (χ2v) is 9.98. The Morgan fingerprint density at radius 3 is 1.94 bits per heavy atom. The highest BCUT2D eigenvalue weighted by Crippen LogP contribution is 2.38. The van der Waals surface area contributed by atoms with Crippen LogP contribution < -0.4 is 0 Å². The molecule has 0 aliphatic heterocycles. The molecule has 178 valence electrons. The van der Waals surface area contributed by atoms with Crippen molar-refractivity contribution >= 4 is 38.4 Å². The standard InChI is InChI=1S/C32H26BrNO2/c1-34-21-29(26-17-8-9-18-30(26)34)27(24-15-10-16-25(33)19-24)20-28(31(35)22-11-4-2-5-12-22)32(36)23-13-6-3-7-14-23/h2-19,21,27-28H,20H2,1H3/t27-/m1/s1. The predicted octanol–water partition coefficient (Wildman–Crippen LogP) is 7.84. The van der Waals surface area contributed by atoms with Crippen molar-refractivity contribution in [3.8, 4) is 0 Å². The minimum absolute atomic E-state index is 0.148. The molecule has 5 rings (SSSR count). The van der Waals surface area contributed by atoms with Gasteiger partial charge in [0.1, 0.15) is 0 Å². The molecule has 5 aromatic rings. The van der Waals surface area contributed by atoms with E-state index in [-0.39, 0.29) is 17.5 Å². The molecule has 1 aromatic heterocycles. The number of hydrogen-bond donors (Lipinski definition) is 0. The van der Waals surface area contributed by atoms with E-state index < -0.39 is 5.92 Å². The van der Waals surface area contributed by atoms with Crippen LogP contribution in [0.25, 0.3) is 10.9 Å². The first-order valence-corrected chi connectivity index (χ1v) is 12.8. The fourth-order valence-electron chi connectivity index (χ4n) is 4.99. The number of Topliss-reactive ketones (excluding diaryl/α,β-unsaturated/α-hetero) is 2. The molecule has 0 N–H and O–H groups in total. The zero-order chi connectivity index (χ0) is 25.1. The Balaban J connectivity index is 1.65. The first-order valence-electron chi connectivity index (χ1n) is 12.0. The second-order valence-electron chi connectivity index (χ2n) is 9.07. The van der Waals surface area contributed by atoms with Gasteiger partial charge in [-0.2, -0.15) is 0 Å². The molecule has 0 aliphatic rings. The molecule has 36 heavy (non-hydrogen) atoms. The van der Waals surface area contributed by atoms with E-state index in [4.69, 9.17) is 0 Å². The topological polar surface area (TPSA) is 39.1 Å². The Morgan fingerprint density at radius 2 is 1.33 bits per heavy atom. The molecule has 3 nitrogen and oxygen atoms in total. The largest absolute Gasteiger partial charge is 0.350 e. The van der Waals surface area contributed by atoms with E-state index in [0.717, 1.165) is 26.5 Å². The maximum atomic E-state index is 13.9. The summed E-state index contributed by atoms with van der Waals surface area (Å²) in [6, 6.07) is 34.7. The summed E-state index contributed by atoms with van der Waals surface area (Å²) in [6.07, 6.45) is 2.50. The van der Waals surface area contributed by atoms with Gasteiger partial charge in [0.05, 0.1) is 5.92 Å². The summed E-state index contributed by atoms with van der Waals surface area (Å²) in [5.74, 6) is -1.27. The van der Waals surface area contributed by atoms with Crippen molar-refractivity contribution < 1.29 is 9.59 Å². The lowest BCUT2D eigenvalue weighted by atomic mass is 9.78.